The summed E-state index contributed by atoms with van der Waals surface area (Å²) >= 11 is 0. The van der Waals surface area contributed by atoms with E-state index in [0.717, 1.165) is 32.5 Å². The van der Waals surface area contributed by atoms with Crippen molar-refractivity contribution in [2.45, 2.75) is 51.5 Å². The van der Waals surface area contributed by atoms with Crippen molar-refractivity contribution in [3.63, 3.8) is 0 Å². The lowest BCUT2D eigenvalue weighted by Gasteiger charge is -2.38. The number of nitrogens with zero attached hydrogens (tertiary/aromatic N) is 8. The number of aryl methyl sites for hydroxylation is 1. The second-order valence-electron chi connectivity index (χ2n) is 15.2. The number of benzene rings is 2. The molecular weight excluding hydrogens is 787 g/mol. The molecule has 5 heterocycles. The highest BCUT2D eigenvalue weighted by atomic mass is 16.5. The Morgan fingerprint density at radius 3 is 2.39 bits per heavy atom. The van der Waals surface area contributed by atoms with Crippen molar-refractivity contribution < 1.29 is 38.1 Å². The Labute approximate surface area is 351 Å². The number of carbonyl (C=O) groups excluding carboxylic acids is 4. The first-order chi connectivity index (χ1) is 29.4. The molecule has 0 bridgehead atoms. The third kappa shape index (κ3) is 9.01. The topological polar surface area (TPSA) is 192 Å². The van der Waals surface area contributed by atoms with E-state index >= 15 is 0 Å². The van der Waals surface area contributed by atoms with Gasteiger partial charge in [0.2, 0.25) is 11.8 Å². The lowest BCUT2D eigenvalue weighted by molar-refractivity contribution is -0.136. The first-order valence-corrected chi connectivity index (χ1v) is 19.9. The van der Waals surface area contributed by atoms with Crippen molar-refractivity contribution in [3.05, 3.63) is 85.9 Å². The molecule has 18 nitrogen and oxygen atoms in total. The number of likely N-dealkylation sites (tertiary alicyclic amines) is 1. The van der Waals surface area contributed by atoms with Crippen LogP contribution >= 0.6 is 0 Å². The Hall–Kier alpha value is -6.50. The zero-order valence-corrected chi connectivity index (χ0v) is 34.9. The minimum atomic E-state index is -1.02. The molecule has 7 rings (SSSR count). The van der Waals surface area contributed by atoms with Gasteiger partial charge in [-0.25, -0.2) is 4.68 Å². The smallest absolute Gasteiger partial charge is 0.262 e. The molecular formula is C43H49N9O9. The number of likely N-dealkylation sites (N-methyl/N-ethyl adjacent to an activating group) is 1. The van der Waals surface area contributed by atoms with Gasteiger partial charge in [0.15, 0.2) is 0 Å². The number of imide groups is 2. The number of amides is 4. The van der Waals surface area contributed by atoms with Gasteiger partial charge >= 0.3 is 0 Å². The summed E-state index contributed by atoms with van der Waals surface area (Å²) < 4.78 is 27.0. The van der Waals surface area contributed by atoms with Crippen LogP contribution in [0, 0.1) is 0 Å². The monoisotopic (exact) mass is 835 g/mol. The molecule has 1 N–H and O–H groups in total. The van der Waals surface area contributed by atoms with Gasteiger partial charge in [-0.3, -0.25) is 49.0 Å². The van der Waals surface area contributed by atoms with E-state index < -0.39 is 29.7 Å². The number of hydrogen-bond acceptors (Lipinski definition) is 14. The summed E-state index contributed by atoms with van der Waals surface area (Å²) in [5, 5.41) is 12.0. The number of nitrogens with one attached hydrogen (secondary N) is 1. The van der Waals surface area contributed by atoms with Crippen molar-refractivity contribution >= 4 is 42.6 Å². The molecule has 0 radical (unpaired) electrons. The number of hydrogen-bond donors (Lipinski definition) is 1. The zero-order valence-electron chi connectivity index (χ0n) is 34.9. The molecule has 0 aliphatic carbocycles. The Kier molecular flexibility index (Phi) is 12.9. The van der Waals surface area contributed by atoms with Gasteiger partial charge < -0.3 is 23.5 Å². The molecule has 3 aliphatic rings. The van der Waals surface area contributed by atoms with E-state index in [1.165, 1.54) is 10.8 Å². The lowest BCUT2D eigenvalue weighted by Crippen LogP contribution is -2.54. The van der Waals surface area contributed by atoms with Gasteiger partial charge in [-0.1, -0.05) is 11.3 Å². The van der Waals surface area contributed by atoms with E-state index in [-0.39, 0.29) is 35.6 Å². The summed E-state index contributed by atoms with van der Waals surface area (Å²) in [6.45, 7) is 9.96. The molecule has 320 valence electrons. The molecule has 1 atom stereocenters. The first-order valence-electron chi connectivity index (χ1n) is 19.9. The Balaban J connectivity index is 0.849. The SMILES string of the molecule is C=N/C=c1/c(=O)n(C)cc(-c2cc(OC)c(CN(C)CCOCCn3cc(CN4CC(Oc5ccc6c(c5)C(=O)N(C5CCC(=O)NC5=O)C6=O)C4)nn3)c(OC)c2)/c1=C/C. The molecule has 3 aliphatic heterocycles. The third-order valence-electron chi connectivity index (χ3n) is 11.0. The maximum absolute atomic E-state index is 13.2. The van der Waals surface area contributed by atoms with Crippen molar-refractivity contribution in [1.82, 2.24) is 39.6 Å². The van der Waals surface area contributed by atoms with Crippen LogP contribution in [-0.4, -0.2) is 131 Å². The van der Waals surface area contributed by atoms with Crippen LogP contribution in [0.15, 0.2) is 52.5 Å². The summed E-state index contributed by atoms with van der Waals surface area (Å²) in [5.74, 6) is -0.417. The van der Waals surface area contributed by atoms with E-state index in [1.54, 1.807) is 50.3 Å². The maximum atomic E-state index is 13.2. The van der Waals surface area contributed by atoms with E-state index in [1.807, 2.05) is 38.4 Å². The van der Waals surface area contributed by atoms with Crippen LogP contribution in [0.5, 0.6) is 17.2 Å². The minimum Gasteiger partial charge on any atom is -0.496 e. The normalized spacial score (nSPS) is 17.5. The highest BCUT2D eigenvalue weighted by Crippen LogP contribution is 2.35. The highest BCUT2D eigenvalue weighted by Gasteiger charge is 2.45. The van der Waals surface area contributed by atoms with Crippen LogP contribution in [0.1, 0.15) is 51.7 Å². The van der Waals surface area contributed by atoms with Crippen LogP contribution in [0.4, 0.5) is 0 Å². The largest absolute Gasteiger partial charge is 0.496 e. The van der Waals surface area contributed by atoms with Crippen molar-refractivity contribution in [1.29, 1.82) is 0 Å². The van der Waals surface area contributed by atoms with Gasteiger partial charge in [-0.15, -0.1) is 5.10 Å². The number of ether oxygens (including phenoxy) is 4. The fraction of sp³-hybridized carbons (Fsp3) is 0.395. The fourth-order valence-corrected chi connectivity index (χ4v) is 7.85. The molecule has 2 fully saturated rings. The zero-order chi connectivity index (χ0) is 43.4. The number of aliphatic imine (C=N–C) groups is 1. The second kappa shape index (κ2) is 18.4. The number of pyridine rings is 1. The van der Waals surface area contributed by atoms with Crippen LogP contribution in [0.2, 0.25) is 0 Å². The van der Waals surface area contributed by atoms with Gasteiger partial charge in [-0.05, 0) is 68.2 Å². The predicted molar refractivity (Wildman–Crippen MR) is 224 cm³/mol. The summed E-state index contributed by atoms with van der Waals surface area (Å²) in [4.78, 5) is 72.0. The van der Waals surface area contributed by atoms with Gasteiger partial charge in [0.1, 0.15) is 29.4 Å². The first kappa shape index (κ1) is 42.6. The standard InChI is InChI=1S/C43H49N9O9/c1-7-30-33(19-44-2)41(55)49(4)25-34(30)26-16-37(58-5)35(38(17-26)59-6)24-48(3)12-14-60-15-13-51-21-27(46-47-51)20-50-22-29(23-50)61-28-8-9-31-32(18-28)43(57)52(42(31)56)36-10-11-39(53)45-40(36)54/h7-9,16-19,21,25,29,36H,2,10-15,20,22-24H2,1,3-6H3,(H,45,53,54)/b30-7+,33-19+. The molecule has 61 heavy (non-hydrogen) atoms. The summed E-state index contributed by atoms with van der Waals surface area (Å²) in [6, 6.07) is 7.62. The lowest BCUT2D eigenvalue weighted by atomic mass is 10.00. The molecule has 1 unspecified atom stereocenters. The van der Waals surface area contributed by atoms with E-state index in [0.29, 0.717) is 74.9 Å². The molecule has 4 aromatic rings. The summed E-state index contributed by atoms with van der Waals surface area (Å²) in [5.41, 5.74) is 3.59. The Bertz CT molecular complexity index is 2540. The molecule has 18 heteroatoms. The number of piperidine rings is 1. The summed E-state index contributed by atoms with van der Waals surface area (Å²) in [6.07, 6.45) is 7.10. The van der Waals surface area contributed by atoms with Gasteiger partial charge in [0, 0.05) is 70.3 Å². The predicted octanol–water partition coefficient (Wildman–Crippen LogP) is 0.713. The third-order valence-corrected chi connectivity index (χ3v) is 11.0. The van der Waals surface area contributed by atoms with Gasteiger partial charge in [0.25, 0.3) is 17.4 Å². The maximum Gasteiger partial charge on any atom is 0.262 e. The molecule has 4 amide bonds. The summed E-state index contributed by atoms with van der Waals surface area (Å²) in [7, 11) is 6.95. The Morgan fingerprint density at radius 1 is 0.967 bits per heavy atom. The highest BCUT2D eigenvalue weighted by molar-refractivity contribution is 6.23. The molecule has 2 aromatic heterocycles. The number of rotatable bonds is 17. The van der Waals surface area contributed by atoms with Gasteiger partial charge in [0.05, 0.1) is 61.6 Å². The van der Waals surface area contributed by atoms with Crippen LogP contribution in [0.3, 0.4) is 0 Å². The fourth-order valence-electron chi connectivity index (χ4n) is 7.85. The minimum absolute atomic E-state index is 0.0604. The van der Waals surface area contributed by atoms with Crippen molar-refractivity contribution in [2.24, 2.45) is 12.0 Å². The molecule has 0 saturated carbocycles. The van der Waals surface area contributed by atoms with Crippen LogP contribution in [-0.2, 0) is 41.0 Å². The quantitative estimate of drug-likeness (QED) is 0.0890. The van der Waals surface area contributed by atoms with Crippen LogP contribution in [0.25, 0.3) is 23.4 Å². The second-order valence-corrected chi connectivity index (χ2v) is 15.2. The molecule has 2 aromatic carbocycles. The van der Waals surface area contributed by atoms with Crippen molar-refractivity contribution in [3.8, 4) is 28.4 Å². The average molecular weight is 836 g/mol. The van der Waals surface area contributed by atoms with E-state index in [9.17, 15) is 24.0 Å². The van der Waals surface area contributed by atoms with Crippen LogP contribution < -0.4 is 35.5 Å². The number of methoxy groups -OCH3 is 2. The number of aromatic nitrogens is 4. The average Bonchev–Trinajstić information content (AvgIpc) is 3.78. The van der Waals surface area contributed by atoms with E-state index in [2.05, 4.69) is 37.1 Å². The van der Waals surface area contributed by atoms with Gasteiger partial charge in [-0.2, -0.15) is 0 Å². The molecule has 0 spiro atoms. The van der Waals surface area contributed by atoms with Crippen molar-refractivity contribution in [2.75, 3.05) is 54.1 Å². The van der Waals surface area contributed by atoms with E-state index in [4.69, 9.17) is 18.9 Å². The number of carbonyl (C=O) groups is 4. The Morgan fingerprint density at radius 2 is 1.70 bits per heavy atom. The number of fused-ring (bicyclic) bond motifs is 1. The molecule has 2 saturated heterocycles.